The molecular formula is C24H19FN2O3. The third-order valence-corrected chi connectivity index (χ3v) is 5.62. The molecule has 3 aromatic carbocycles. The third-order valence-electron chi connectivity index (χ3n) is 5.62. The lowest BCUT2D eigenvalue weighted by atomic mass is 9.90. The average Bonchev–Trinajstić information content (AvgIpc) is 3.27. The SMILES string of the molecule is O=C1[C@H]2[C@@H](c3ccccc3F)N(c3ccccc3)O[C@H]2C(=O)N1Cc1ccccc1. The molecule has 2 aliphatic heterocycles. The van der Waals surface area contributed by atoms with E-state index in [1.54, 1.807) is 18.2 Å². The number of para-hydroxylation sites is 1. The molecule has 2 amide bonds. The number of likely N-dealkylation sites (tertiary alicyclic amines) is 1. The summed E-state index contributed by atoms with van der Waals surface area (Å²) in [6.07, 6.45) is -0.981. The number of hydroxylamine groups is 1. The number of nitrogens with zero attached hydrogens (tertiary/aromatic N) is 2. The van der Waals surface area contributed by atoms with Crippen LogP contribution in [0.5, 0.6) is 0 Å². The van der Waals surface area contributed by atoms with Gasteiger partial charge in [-0.15, -0.1) is 0 Å². The largest absolute Gasteiger partial charge is 0.275 e. The van der Waals surface area contributed by atoms with Crippen molar-refractivity contribution in [3.05, 3.63) is 102 Å². The van der Waals surface area contributed by atoms with Gasteiger partial charge in [-0.1, -0.05) is 66.7 Å². The van der Waals surface area contributed by atoms with Crippen LogP contribution in [0.1, 0.15) is 17.2 Å². The smallest absolute Gasteiger partial charge is 0.262 e. The molecule has 5 rings (SSSR count). The number of hydrogen-bond acceptors (Lipinski definition) is 4. The lowest BCUT2D eigenvalue weighted by Gasteiger charge is -2.29. The van der Waals surface area contributed by atoms with E-state index >= 15 is 0 Å². The second-order valence-electron chi connectivity index (χ2n) is 7.43. The minimum absolute atomic E-state index is 0.171. The summed E-state index contributed by atoms with van der Waals surface area (Å²) in [6.45, 7) is 0.171. The van der Waals surface area contributed by atoms with Crippen molar-refractivity contribution in [3.63, 3.8) is 0 Å². The Labute approximate surface area is 173 Å². The van der Waals surface area contributed by atoms with Crippen molar-refractivity contribution < 1.29 is 18.8 Å². The van der Waals surface area contributed by atoms with Gasteiger partial charge in [0.2, 0.25) is 5.91 Å². The molecule has 2 saturated heterocycles. The summed E-state index contributed by atoms with van der Waals surface area (Å²) in [5.41, 5.74) is 1.84. The molecule has 3 atom stereocenters. The van der Waals surface area contributed by atoms with E-state index in [-0.39, 0.29) is 12.5 Å². The molecule has 0 saturated carbocycles. The number of fused-ring (bicyclic) bond motifs is 1. The van der Waals surface area contributed by atoms with E-state index in [1.807, 2.05) is 60.7 Å². The molecule has 150 valence electrons. The lowest BCUT2D eigenvalue weighted by molar-refractivity contribution is -0.143. The van der Waals surface area contributed by atoms with Gasteiger partial charge < -0.3 is 0 Å². The summed E-state index contributed by atoms with van der Waals surface area (Å²) in [5, 5.41) is 1.50. The monoisotopic (exact) mass is 402 g/mol. The first-order chi connectivity index (χ1) is 14.6. The Bertz CT molecular complexity index is 1090. The van der Waals surface area contributed by atoms with Gasteiger partial charge in [0, 0.05) is 5.56 Å². The maximum absolute atomic E-state index is 14.8. The minimum Gasteiger partial charge on any atom is -0.275 e. The summed E-state index contributed by atoms with van der Waals surface area (Å²) in [7, 11) is 0. The van der Waals surface area contributed by atoms with Gasteiger partial charge in [-0.25, -0.2) is 9.45 Å². The number of hydrogen-bond donors (Lipinski definition) is 0. The average molecular weight is 402 g/mol. The van der Waals surface area contributed by atoms with Crippen LogP contribution in [0.25, 0.3) is 0 Å². The van der Waals surface area contributed by atoms with Gasteiger partial charge in [0.25, 0.3) is 5.91 Å². The van der Waals surface area contributed by atoms with Crippen molar-refractivity contribution in [2.45, 2.75) is 18.7 Å². The number of amides is 2. The Kier molecular flexibility index (Phi) is 4.56. The summed E-state index contributed by atoms with van der Waals surface area (Å²) >= 11 is 0. The first kappa shape index (κ1) is 18.5. The van der Waals surface area contributed by atoms with Gasteiger partial charge in [0.1, 0.15) is 11.7 Å². The summed E-state index contributed by atoms with van der Waals surface area (Å²) in [4.78, 5) is 33.7. The highest BCUT2D eigenvalue weighted by Gasteiger charge is 2.60. The first-order valence-corrected chi connectivity index (χ1v) is 9.80. The molecule has 3 aromatic rings. The first-order valence-electron chi connectivity index (χ1n) is 9.80. The molecule has 0 bridgehead atoms. The fourth-order valence-electron chi connectivity index (χ4n) is 4.22. The van der Waals surface area contributed by atoms with Crippen molar-refractivity contribution in [1.82, 2.24) is 4.90 Å². The Morgan fingerprint density at radius 1 is 0.800 bits per heavy atom. The number of benzene rings is 3. The van der Waals surface area contributed by atoms with Crippen molar-refractivity contribution in [1.29, 1.82) is 0 Å². The van der Waals surface area contributed by atoms with E-state index in [9.17, 15) is 14.0 Å². The van der Waals surface area contributed by atoms with Crippen LogP contribution in [-0.4, -0.2) is 22.8 Å². The Hall–Kier alpha value is -3.51. The minimum atomic E-state index is -0.981. The van der Waals surface area contributed by atoms with E-state index in [2.05, 4.69) is 0 Å². The van der Waals surface area contributed by atoms with E-state index < -0.39 is 29.8 Å². The quantitative estimate of drug-likeness (QED) is 0.622. The Morgan fingerprint density at radius 2 is 1.43 bits per heavy atom. The molecule has 5 nitrogen and oxygen atoms in total. The van der Waals surface area contributed by atoms with Crippen molar-refractivity contribution in [2.75, 3.05) is 5.06 Å². The summed E-state index contributed by atoms with van der Waals surface area (Å²) < 4.78 is 14.8. The molecular weight excluding hydrogens is 383 g/mol. The van der Waals surface area contributed by atoms with Crippen LogP contribution in [-0.2, 0) is 21.0 Å². The molecule has 2 heterocycles. The highest BCUT2D eigenvalue weighted by Crippen LogP contribution is 2.47. The van der Waals surface area contributed by atoms with Crippen LogP contribution in [0.15, 0.2) is 84.9 Å². The van der Waals surface area contributed by atoms with Gasteiger partial charge >= 0.3 is 0 Å². The Morgan fingerprint density at radius 3 is 2.13 bits per heavy atom. The van der Waals surface area contributed by atoms with Crippen molar-refractivity contribution in [3.8, 4) is 0 Å². The highest BCUT2D eigenvalue weighted by molar-refractivity contribution is 6.07. The molecule has 30 heavy (non-hydrogen) atoms. The van der Waals surface area contributed by atoms with Crippen LogP contribution < -0.4 is 5.06 Å². The standard InChI is InChI=1S/C24H19FN2O3/c25-19-14-8-7-13-18(19)21-20-22(30-27(21)17-11-5-2-6-12-17)24(29)26(23(20)28)15-16-9-3-1-4-10-16/h1-14,20-22H,15H2/t20-,21+,22+/m0/s1. The van der Waals surface area contributed by atoms with Gasteiger partial charge in [-0.05, 0) is 23.8 Å². The van der Waals surface area contributed by atoms with Gasteiger partial charge in [0.15, 0.2) is 6.10 Å². The second-order valence-corrected chi connectivity index (χ2v) is 7.43. The molecule has 2 fully saturated rings. The zero-order chi connectivity index (χ0) is 20.7. The van der Waals surface area contributed by atoms with Gasteiger partial charge in [-0.2, -0.15) is 0 Å². The fourth-order valence-corrected chi connectivity index (χ4v) is 4.22. The van der Waals surface area contributed by atoms with Crippen molar-refractivity contribution >= 4 is 17.5 Å². The normalized spacial score (nSPS) is 23.2. The molecule has 0 aliphatic carbocycles. The zero-order valence-electron chi connectivity index (χ0n) is 16.0. The zero-order valence-corrected chi connectivity index (χ0v) is 16.0. The number of rotatable bonds is 4. The molecule has 6 heteroatoms. The fraction of sp³-hybridized carbons (Fsp3) is 0.167. The lowest BCUT2D eigenvalue weighted by Crippen LogP contribution is -2.37. The number of carbonyl (C=O) groups is 2. The van der Waals surface area contributed by atoms with Crippen LogP contribution >= 0.6 is 0 Å². The maximum Gasteiger partial charge on any atom is 0.262 e. The molecule has 2 aliphatic rings. The number of carbonyl (C=O) groups excluding carboxylic acids is 2. The molecule has 0 unspecified atom stereocenters. The van der Waals surface area contributed by atoms with Crippen LogP contribution in [0.3, 0.4) is 0 Å². The van der Waals surface area contributed by atoms with Crippen LogP contribution in [0, 0.1) is 11.7 Å². The van der Waals surface area contributed by atoms with Gasteiger partial charge in [-0.3, -0.25) is 19.3 Å². The summed E-state index contributed by atoms with van der Waals surface area (Å²) in [5.74, 6) is -2.00. The molecule has 0 radical (unpaired) electrons. The molecule has 0 N–H and O–H groups in total. The van der Waals surface area contributed by atoms with Crippen molar-refractivity contribution in [2.24, 2.45) is 5.92 Å². The Balaban J connectivity index is 1.54. The number of anilines is 1. The van der Waals surface area contributed by atoms with Gasteiger partial charge in [0.05, 0.1) is 18.3 Å². The van der Waals surface area contributed by atoms with E-state index in [1.165, 1.54) is 16.0 Å². The van der Waals surface area contributed by atoms with E-state index in [0.29, 0.717) is 11.3 Å². The predicted molar refractivity (Wildman–Crippen MR) is 108 cm³/mol. The highest BCUT2D eigenvalue weighted by atomic mass is 19.1. The predicted octanol–water partition coefficient (Wildman–Crippen LogP) is 3.87. The van der Waals surface area contributed by atoms with E-state index in [0.717, 1.165) is 5.56 Å². The maximum atomic E-state index is 14.8. The third kappa shape index (κ3) is 2.97. The molecule has 0 aromatic heterocycles. The second kappa shape index (κ2) is 7.39. The number of imide groups is 1. The van der Waals surface area contributed by atoms with Crippen LogP contribution in [0.4, 0.5) is 10.1 Å². The topological polar surface area (TPSA) is 49.9 Å². The van der Waals surface area contributed by atoms with E-state index in [4.69, 9.17) is 4.84 Å². The molecule has 0 spiro atoms. The van der Waals surface area contributed by atoms with Crippen LogP contribution in [0.2, 0.25) is 0 Å². The summed E-state index contributed by atoms with van der Waals surface area (Å²) in [6, 6.07) is 24.0. The number of halogens is 1.